The first-order chi connectivity index (χ1) is 18.2. The molecule has 2 aliphatic heterocycles. The molecule has 3 aromatic rings. The van der Waals surface area contributed by atoms with Gasteiger partial charge >= 0.3 is 0 Å². The molecular weight excluding hydrogens is 512 g/mol. The van der Waals surface area contributed by atoms with Crippen LogP contribution in [0.4, 0.5) is 8.78 Å². The average Bonchev–Trinajstić information content (AvgIpc) is 2.86. The fourth-order valence-corrected chi connectivity index (χ4v) is 5.77. The van der Waals surface area contributed by atoms with E-state index < -0.39 is 21.8 Å². The van der Waals surface area contributed by atoms with Crippen molar-refractivity contribution in [1.29, 1.82) is 0 Å². The molecule has 0 saturated carbocycles. The number of alkyl halides is 1. The van der Waals surface area contributed by atoms with E-state index in [1.807, 2.05) is 24.3 Å². The number of allylic oxidation sites excluding steroid dienone is 1. The maximum atomic E-state index is 15.7. The van der Waals surface area contributed by atoms with Gasteiger partial charge in [0.15, 0.2) is 9.84 Å². The average molecular weight is 542 g/mol. The molecule has 0 bridgehead atoms. The predicted molar refractivity (Wildman–Crippen MR) is 141 cm³/mol. The van der Waals surface area contributed by atoms with Crippen molar-refractivity contribution in [3.63, 3.8) is 0 Å². The maximum Gasteiger partial charge on any atom is 0.178 e. The Balaban J connectivity index is 1.46. The molecule has 0 aromatic heterocycles. The lowest BCUT2D eigenvalue weighted by Gasteiger charge is -2.37. The van der Waals surface area contributed by atoms with Crippen LogP contribution in [0.1, 0.15) is 29.7 Å². The molecule has 2 aliphatic rings. The van der Waals surface area contributed by atoms with Crippen LogP contribution in [0.25, 0.3) is 11.1 Å². The van der Waals surface area contributed by atoms with Crippen molar-refractivity contribution in [2.75, 3.05) is 39.2 Å². The van der Waals surface area contributed by atoms with Crippen LogP contribution in [0.15, 0.2) is 65.6 Å². The van der Waals surface area contributed by atoms with Crippen molar-refractivity contribution in [2.45, 2.75) is 17.9 Å². The summed E-state index contributed by atoms with van der Waals surface area (Å²) >= 11 is 0. The fourth-order valence-electron chi connectivity index (χ4n) is 5.01. The summed E-state index contributed by atoms with van der Waals surface area (Å²) in [6.07, 6.45) is 0.239. The Bertz CT molecular complexity index is 1480. The molecule has 0 amide bonds. The second-order valence-corrected chi connectivity index (χ2v) is 11.8. The molecule has 1 saturated heterocycles. The molecule has 6 nitrogen and oxygen atoms in total. The third-order valence-electron chi connectivity index (χ3n) is 7.04. The first-order valence-electron chi connectivity index (χ1n) is 12.4. The summed E-state index contributed by atoms with van der Waals surface area (Å²) in [6, 6.07) is 16.3. The zero-order valence-corrected chi connectivity index (χ0v) is 22.0. The zero-order valence-electron chi connectivity index (χ0n) is 21.2. The third-order valence-corrected chi connectivity index (χ3v) is 8.16. The number of rotatable bonds is 8. The molecule has 1 N–H and O–H groups in total. The van der Waals surface area contributed by atoms with Crippen LogP contribution in [-0.4, -0.2) is 57.6 Å². The van der Waals surface area contributed by atoms with Crippen LogP contribution >= 0.6 is 0 Å². The van der Waals surface area contributed by atoms with Gasteiger partial charge < -0.3 is 14.6 Å². The van der Waals surface area contributed by atoms with E-state index in [4.69, 9.17) is 9.47 Å². The highest BCUT2D eigenvalue weighted by Gasteiger charge is 2.32. The van der Waals surface area contributed by atoms with Gasteiger partial charge in [0.25, 0.3) is 0 Å². The van der Waals surface area contributed by atoms with E-state index in [0.717, 1.165) is 31.5 Å². The largest absolute Gasteiger partial charge is 0.508 e. The summed E-state index contributed by atoms with van der Waals surface area (Å²) in [7, 11) is -3.80. The van der Waals surface area contributed by atoms with Gasteiger partial charge in [0.2, 0.25) is 0 Å². The summed E-state index contributed by atoms with van der Waals surface area (Å²) in [4.78, 5) is 1.75. The van der Waals surface area contributed by atoms with Gasteiger partial charge in [0, 0.05) is 48.5 Å². The first-order valence-corrected chi connectivity index (χ1v) is 14.3. The number of ether oxygens (including phenoxy) is 2. The molecular formula is C29H29F2NO5S. The first kappa shape index (κ1) is 26.2. The maximum absolute atomic E-state index is 15.7. The van der Waals surface area contributed by atoms with Crippen LogP contribution in [0.2, 0.25) is 0 Å². The summed E-state index contributed by atoms with van der Waals surface area (Å²) < 4.78 is 64.9. The summed E-state index contributed by atoms with van der Waals surface area (Å²) in [5.74, 6) is 0.505. The molecule has 5 rings (SSSR count). The number of phenolic OH excluding ortho intramolecular Hbond substituents is 1. The molecule has 3 aromatic carbocycles. The molecule has 0 unspecified atom stereocenters. The highest BCUT2D eigenvalue weighted by atomic mass is 32.2. The normalized spacial score (nSPS) is 18.1. The van der Waals surface area contributed by atoms with Crippen molar-refractivity contribution in [2.24, 2.45) is 5.92 Å². The molecule has 38 heavy (non-hydrogen) atoms. The van der Waals surface area contributed by atoms with E-state index in [1.165, 1.54) is 24.3 Å². The molecule has 0 radical (unpaired) electrons. The number of nitrogens with zero attached hydrogens (tertiary/aromatic N) is 1. The van der Waals surface area contributed by atoms with Gasteiger partial charge in [0.05, 0.1) is 6.67 Å². The monoisotopic (exact) mass is 541 g/mol. The molecule has 0 spiro atoms. The topological polar surface area (TPSA) is 76.1 Å². The van der Waals surface area contributed by atoms with Gasteiger partial charge in [0.1, 0.15) is 40.7 Å². The zero-order chi connectivity index (χ0) is 27.0. The molecule has 9 heteroatoms. The van der Waals surface area contributed by atoms with Gasteiger partial charge in [-0.1, -0.05) is 24.3 Å². The summed E-state index contributed by atoms with van der Waals surface area (Å²) in [6.45, 7) is 4.21. The third kappa shape index (κ3) is 5.13. The van der Waals surface area contributed by atoms with Gasteiger partial charge in [-0.2, -0.15) is 0 Å². The van der Waals surface area contributed by atoms with E-state index in [1.54, 1.807) is 19.1 Å². The molecule has 0 aliphatic carbocycles. The van der Waals surface area contributed by atoms with Gasteiger partial charge in [-0.15, -0.1) is 0 Å². The highest BCUT2D eigenvalue weighted by molar-refractivity contribution is 7.90. The van der Waals surface area contributed by atoms with Crippen LogP contribution in [0.3, 0.4) is 0 Å². The van der Waals surface area contributed by atoms with Crippen molar-refractivity contribution in [3.8, 4) is 17.2 Å². The lowest BCUT2D eigenvalue weighted by atomic mass is 9.86. The lowest BCUT2D eigenvalue weighted by molar-refractivity contribution is 0.0668. The molecule has 1 atom stereocenters. The van der Waals surface area contributed by atoms with Crippen molar-refractivity contribution >= 4 is 21.0 Å². The van der Waals surface area contributed by atoms with Gasteiger partial charge in [-0.05, 0) is 54.5 Å². The highest BCUT2D eigenvalue weighted by Crippen LogP contribution is 2.48. The van der Waals surface area contributed by atoms with E-state index in [0.29, 0.717) is 34.8 Å². The minimum Gasteiger partial charge on any atom is -0.508 e. The Kier molecular flexibility index (Phi) is 7.15. The number of likely N-dealkylation sites (tertiary alicyclic amines) is 1. The smallest absolute Gasteiger partial charge is 0.178 e. The molecule has 1 fully saturated rings. The van der Waals surface area contributed by atoms with Crippen molar-refractivity contribution in [1.82, 2.24) is 4.90 Å². The number of hydrogen-bond acceptors (Lipinski definition) is 6. The molecule has 200 valence electrons. The van der Waals surface area contributed by atoms with Gasteiger partial charge in [-0.3, -0.25) is 9.29 Å². The molecule has 2 heterocycles. The minimum absolute atomic E-state index is 0.0369. The number of phenols is 1. The minimum atomic E-state index is -3.80. The van der Waals surface area contributed by atoms with Crippen LogP contribution in [0.5, 0.6) is 17.2 Å². The second-order valence-electron chi connectivity index (χ2n) is 9.80. The summed E-state index contributed by atoms with van der Waals surface area (Å²) in [5, 5.41) is 10.1. The Morgan fingerprint density at radius 2 is 1.82 bits per heavy atom. The lowest BCUT2D eigenvalue weighted by Crippen LogP contribution is -2.49. The number of sulfone groups is 1. The fraction of sp³-hybridized carbons (Fsp3) is 0.310. The van der Waals surface area contributed by atoms with E-state index in [-0.39, 0.29) is 28.8 Å². The second kappa shape index (κ2) is 10.4. The van der Waals surface area contributed by atoms with Crippen molar-refractivity contribution < 1.29 is 31.8 Å². The Morgan fingerprint density at radius 1 is 1.08 bits per heavy atom. The Labute approximate surface area is 221 Å². The van der Waals surface area contributed by atoms with Crippen LogP contribution in [0, 0.1) is 11.7 Å². The van der Waals surface area contributed by atoms with Gasteiger partial charge in [-0.25, -0.2) is 12.8 Å². The number of hydrogen-bond donors (Lipinski definition) is 1. The Morgan fingerprint density at radius 3 is 2.50 bits per heavy atom. The standard InChI is InChI=1S/C29H29F2NO5S/c1-18-24-14-21(33)8-11-25(24)37-29(27(18)23-4-3-5-26(28(23)31)38(2,34)35)20-6-9-22(10-7-20)36-13-12-32-16-19(15-30)17-32/h3-11,14,19,29,33H,12-13,15-17H2,1-2H3/t29-/m1/s1. The van der Waals surface area contributed by atoms with E-state index >= 15 is 4.39 Å². The summed E-state index contributed by atoms with van der Waals surface area (Å²) in [5.41, 5.74) is 2.58. The number of benzene rings is 3. The SMILES string of the molecule is CC1=C(c2cccc(S(C)(=O)=O)c2F)[C@@H](c2ccc(OCCN3CC(CF)C3)cc2)Oc2ccc(O)cc21. The number of halogens is 2. The quantitative estimate of drug-likeness (QED) is 0.418. The Hall–Kier alpha value is -3.43. The van der Waals surface area contributed by atoms with Crippen LogP contribution < -0.4 is 9.47 Å². The number of aromatic hydroxyl groups is 1. The predicted octanol–water partition coefficient (Wildman–Crippen LogP) is 5.28. The van der Waals surface area contributed by atoms with E-state index in [2.05, 4.69) is 4.90 Å². The van der Waals surface area contributed by atoms with Crippen LogP contribution in [-0.2, 0) is 9.84 Å². The van der Waals surface area contributed by atoms with E-state index in [9.17, 15) is 17.9 Å². The van der Waals surface area contributed by atoms with Crippen molar-refractivity contribution in [3.05, 3.63) is 83.2 Å². The number of fused-ring (bicyclic) bond motifs is 1.